The molecule has 3 aliphatic heterocycles. The molecule has 0 radical (unpaired) electrons. The van der Waals surface area contributed by atoms with Crippen LogP contribution in [-0.2, 0) is 11.3 Å². The Labute approximate surface area is 240 Å². The molecule has 38 heavy (non-hydrogen) atoms. The van der Waals surface area contributed by atoms with E-state index < -0.39 is 0 Å². The third-order valence-electron chi connectivity index (χ3n) is 8.12. The number of piperazine rings is 1. The topological polar surface area (TPSA) is 47.1 Å². The highest BCUT2D eigenvalue weighted by Gasteiger charge is 2.41. The molecule has 0 N–H and O–H groups in total. The minimum atomic E-state index is -0.275. The Kier molecular flexibility index (Phi) is 9.13. The number of likely N-dealkylation sites (tertiary alicyclic amines) is 1. The van der Waals surface area contributed by atoms with Gasteiger partial charge in [0.25, 0.3) is 0 Å². The molecule has 3 aliphatic rings. The van der Waals surface area contributed by atoms with Gasteiger partial charge in [-0.25, -0.2) is 9.18 Å². The van der Waals surface area contributed by atoms with Gasteiger partial charge >= 0.3 is 6.03 Å². The Balaban J connectivity index is 0.00000336. The maximum atomic E-state index is 14.0. The van der Waals surface area contributed by atoms with Gasteiger partial charge in [-0.1, -0.05) is 29.3 Å². The van der Waals surface area contributed by atoms with Crippen LogP contribution >= 0.6 is 35.6 Å². The van der Waals surface area contributed by atoms with Gasteiger partial charge in [0, 0.05) is 68.3 Å². The molecule has 3 heterocycles. The van der Waals surface area contributed by atoms with E-state index in [2.05, 4.69) is 4.90 Å². The molecule has 2 aromatic rings. The van der Waals surface area contributed by atoms with E-state index in [1.165, 1.54) is 6.07 Å². The Bertz CT molecular complexity index is 1180. The molecule has 0 saturated carbocycles. The van der Waals surface area contributed by atoms with Gasteiger partial charge in [0.15, 0.2) is 0 Å². The average Bonchev–Trinajstić information content (AvgIpc) is 3.22. The largest absolute Gasteiger partial charge is 0.337 e. The van der Waals surface area contributed by atoms with Gasteiger partial charge in [0.1, 0.15) is 5.82 Å². The number of fused-ring (bicyclic) bond motifs is 1. The van der Waals surface area contributed by atoms with Crippen molar-refractivity contribution in [3.8, 4) is 0 Å². The van der Waals surface area contributed by atoms with Gasteiger partial charge in [-0.15, -0.1) is 12.4 Å². The van der Waals surface area contributed by atoms with Crippen LogP contribution in [0.4, 0.5) is 9.18 Å². The molecule has 0 bridgehead atoms. The van der Waals surface area contributed by atoms with E-state index in [0.717, 1.165) is 55.6 Å². The zero-order valence-corrected chi connectivity index (χ0v) is 24.0. The van der Waals surface area contributed by atoms with Gasteiger partial charge in [-0.2, -0.15) is 0 Å². The van der Waals surface area contributed by atoms with Gasteiger partial charge in [-0.3, -0.25) is 9.69 Å². The summed E-state index contributed by atoms with van der Waals surface area (Å²) in [7, 11) is 1.79. The highest BCUT2D eigenvalue weighted by molar-refractivity contribution is 6.34. The number of carbonyl (C=O) groups is 2. The number of hydrogen-bond donors (Lipinski definition) is 0. The third kappa shape index (κ3) is 6.06. The van der Waals surface area contributed by atoms with Crippen LogP contribution in [0.25, 0.3) is 0 Å². The van der Waals surface area contributed by atoms with Gasteiger partial charge in [-0.05, 0) is 73.2 Å². The average molecular weight is 584 g/mol. The molecule has 3 amide bonds. The van der Waals surface area contributed by atoms with Crippen LogP contribution in [0.3, 0.4) is 0 Å². The summed E-state index contributed by atoms with van der Waals surface area (Å²) >= 11 is 12.3. The maximum Gasteiger partial charge on any atom is 0.320 e. The lowest BCUT2D eigenvalue weighted by molar-refractivity contribution is -0.131. The number of hydrogen-bond acceptors (Lipinski definition) is 3. The van der Waals surface area contributed by atoms with Crippen molar-refractivity contribution in [1.82, 2.24) is 19.6 Å². The Hall–Kier alpha value is -2.06. The van der Waals surface area contributed by atoms with Gasteiger partial charge in [0.2, 0.25) is 5.91 Å². The summed E-state index contributed by atoms with van der Waals surface area (Å²) in [4.78, 5) is 34.1. The van der Waals surface area contributed by atoms with Gasteiger partial charge in [0.05, 0.1) is 6.04 Å². The summed E-state index contributed by atoms with van der Waals surface area (Å²) in [5.74, 6) is -0.00244. The van der Waals surface area contributed by atoms with Crippen molar-refractivity contribution in [2.45, 2.75) is 57.3 Å². The zero-order chi connectivity index (χ0) is 26.3. The summed E-state index contributed by atoms with van der Waals surface area (Å²) in [5.41, 5.74) is 2.69. The van der Waals surface area contributed by atoms with E-state index in [0.29, 0.717) is 41.6 Å². The minimum absolute atomic E-state index is 0. The zero-order valence-electron chi connectivity index (χ0n) is 21.7. The molecule has 0 aromatic heterocycles. The number of amides is 3. The van der Waals surface area contributed by atoms with Crippen LogP contribution in [0.5, 0.6) is 0 Å². The lowest BCUT2D eigenvalue weighted by Gasteiger charge is -2.48. The van der Waals surface area contributed by atoms with Crippen LogP contribution in [0.15, 0.2) is 36.4 Å². The molecule has 0 spiro atoms. The predicted molar refractivity (Wildman–Crippen MR) is 150 cm³/mol. The molecule has 3 saturated heterocycles. The Morgan fingerprint density at radius 2 is 1.79 bits per heavy atom. The molecule has 5 rings (SSSR count). The van der Waals surface area contributed by atoms with Crippen molar-refractivity contribution < 1.29 is 14.0 Å². The summed E-state index contributed by atoms with van der Waals surface area (Å²) in [6.07, 6.45) is 3.20. The van der Waals surface area contributed by atoms with Crippen LogP contribution < -0.4 is 0 Å². The number of aryl methyl sites for hydroxylation is 1. The maximum absolute atomic E-state index is 14.0. The fourth-order valence-electron chi connectivity index (χ4n) is 6.30. The lowest BCUT2D eigenvalue weighted by Crippen LogP contribution is -2.57. The third-order valence-corrected chi connectivity index (χ3v) is 8.56. The molecule has 0 aliphatic carbocycles. The molecule has 3 atom stereocenters. The summed E-state index contributed by atoms with van der Waals surface area (Å²) in [6, 6.07) is 10.5. The molecule has 206 valence electrons. The van der Waals surface area contributed by atoms with Crippen molar-refractivity contribution in [3.05, 3.63) is 69.0 Å². The van der Waals surface area contributed by atoms with E-state index >= 15 is 0 Å². The van der Waals surface area contributed by atoms with Crippen molar-refractivity contribution in [1.29, 1.82) is 0 Å². The first-order valence-corrected chi connectivity index (χ1v) is 13.7. The summed E-state index contributed by atoms with van der Waals surface area (Å²) in [5, 5.41) is 1.07. The fourth-order valence-corrected chi connectivity index (χ4v) is 6.87. The smallest absolute Gasteiger partial charge is 0.320 e. The SMILES string of the molecule is Cc1cc(F)ccc1[C@H]1C[C@@H](N2CCN3C(=O)CC[C@@H]3C2)CCN1C(=O)N(C)Cc1cc(Cl)cc(Cl)c1.Cl. The second-order valence-corrected chi connectivity index (χ2v) is 11.5. The highest BCUT2D eigenvalue weighted by atomic mass is 35.5. The van der Waals surface area contributed by atoms with Crippen molar-refractivity contribution in [2.75, 3.05) is 33.2 Å². The number of nitrogens with zero attached hydrogens (tertiary/aromatic N) is 4. The second kappa shape index (κ2) is 12.0. The molecule has 0 unspecified atom stereocenters. The normalized spacial score (nSPS) is 23.7. The molecule has 3 fully saturated rings. The van der Waals surface area contributed by atoms with Crippen LogP contribution in [0.1, 0.15) is 48.4 Å². The number of carbonyl (C=O) groups excluding carboxylic acids is 2. The molecule has 10 heteroatoms. The fraction of sp³-hybridized carbons (Fsp3) is 0.500. The minimum Gasteiger partial charge on any atom is -0.337 e. The van der Waals surface area contributed by atoms with E-state index in [1.807, 2.05) is 34.9 Å². The molecule has 6 nitrogen and oxygen atoms in total. The summed E-state index contributed by atoms with van der Waals surface area (Å²) in [6.45, 7) is 5.40. The Morgan fingerprint density at radius 1 is 1.05 bits per heavy atom. The molecular formula is C28H34Cl3FN4O2. The molecular weight excluding hydrogens is 550 g/mol. The van der Waals surface area contributed by atoms with E-state index in [1.54, 1.807) is 24.1 Å². The number of halogens is 4. The second-order valence-electron chi connectivity index (χ2n) is 10.6. The summed E-state index contributed by atoms with van der Waals surface area (Å²) < 4.78 is 14.0. The highest BCUT2D eigenvalue weighted by Crippen LogP contribution is 2.37. The Morgan fingerprint density at radius 3 is 2.50 bits per heavy atom. The first-order chi connectivity index (χ1) is 17.7. The van der Waals surface area contributed by atoms with E-state index in [-0.39, 0.29) is 36.2 Å². The van der Waals surface area contributed by atoms with Crippen molar-refractivity contribution >= 4 is 47.5 Å². The number of urea groups is 1. The number of benzene rings is 2. The van der Waals surface area contributed by atoms with Crippen LogP contribution in [0.2, 0.25) is 10.0 Å². The predicted octanol–water partition coefficient (Wildman–Crippen LogP) is 5.93. The number of piperidine rings is 1. The molecule has 2 aromatic carbocycles. The first-order valence-electron chi connectivity index (χ1n) is 13.0. The monoisotopic (exact) mass is 582 g/mol. The van der Waals surface area contributed by atoms with Crippen molar-refractivity contribution in [3.63, 3.8) is 0 Å². The van der Waals surface area contributed by atoms with Crippen LogP contribution in [-0.4, -0.2) is 76.8 Å². The van der Waals surface area contributed by atoms with Crippen molar-refractivity contribution in [2.24, 2.45) is 0 Å². The van der Waals surface area contributed by atoms with E-state index in [9.17, 15) is 14.0 Å². The first kappa shape index (κ1) is 28.9. The van der Waals surface area contributed by atoms with Gasteiger partial charge < -0.3 is 14.7 Å². The standard InChI is InChI=1S/C28H33Cl2FN4O2.ClH/c1-18-11-22(31)3-5-25(18)26-15-23(33-9-10-34-24(17-33)4-6-27(34)36)7-8-35(26)28(37)32(2)16-19-12-20(29)14-21(30)13-19;/h3,5,11-14,23-24,26H,4,6-10,15-17H2,1-2H3;1H/t23-,24+,26+;/m0./s1. The number of rotatable bonds is 4. The van der Waals surface area contributed by atoms with E-state index in [4.69, 9.17) is 23.2 Å². The quantitative estimate of drug-likeness (QED) is 0.449. The van der Waals surface area contributed by atoms with Crippen LogP contribution in [0, 0.1) is 12.7 Å². The lowest BCUT2D eigenvalue weighted by atomic mass is 9.88.